The lowest BCUT2D eigenvalue weighted by Crippen LogP contribution is -2.20. The average Bonchev–Trinajstić information content (AvgIpc) is 3.30. The van der Waals surface area contributed by atoms with Gasteiger partial charge >= 0.3 is 6.09 Å². The topological polar surface area (TPSA) is 145 Å². The molecule has 10 nitrogen and oxygen atoms in total. The first-order chi connectivity index (χ1) is 13.1. The molecule has 0 atom stereocenters. The Kier molecular flexibility index (Phi) is 4.13. The number of aromatic nitrogens is 5. The maximum atomic E-state index is 10.7. The summed E-state index contributed by atoms with van der Waals surface area (Å²) >= 11 is 0. The van der Waals surface area contributed by atoms with Gasteiger partial charge in [0, 0.05) is 6.54 Å². The van der Waals surface area contributed by atoms with Gasteiger partial charge in [0.25, 0.3) is 0 Å². The zero-order valence-corrected chi connectivity index (χ0v) is 14.0. The first-order valence-corrected chi connectivity index (χ1v) is 8.05. The van der Waals surface area contributed by atoms with Crippen LogP contribution >= 0.6 is 0 Å². The van der Waals surface area contributed by atoms with Gasteiger partial charge in [0.15, 0.2) is 16.9 Å². The fraction of sp³-hybridized carbons (Fsp3) is 0.118. The molecule has 0 bridgehead atoms. The normalized spacial score (nSPS) is 11.0. The van der Waals surface area contributed by atoms with Crippen LogP contribution < -0.4 is 11.1 Å². The Morgan fingerprint density at radius 3 is 2.85 bits per heavy atom. The van der Waals surface area contributed by atoms with Crippen LogP contribution in [0.4, 0.5) is 10.7 Å². The van der Waals surface area contributed by atoms with E-state index in [-0.39, 0.29) is 12.5 Å². The second-order valence-electron chi connectivity index (χ2n) is 5.81. The summed E-state index contributed by atoms with van der Waals surface area (Å²) in [5.41, 5.74) is 9.06. The molecule has 1 aromatic carbocycles. The smallest absolute Gasteiger partial charge is 0.404 e. The lowest BCUT2D eigenvalue weighted by atomic mass is 10.1. The van der Waals surface area contributed by atoms with E-state index in [0.29, 0.717) is 29.2 Å². The van der Waals surface area contributed by atoms with Gasteiger partial charge in [-0.15, -0.1) is 5.10 Å². The van der Waals surface area contributed by atoms with E-state index in [1.807, 2.05) is 24.3 Å². The van der Waals surface area contributed by atoms with E-state index in [1.54, 1.807) is 23.1 Å². The summed E-state index contributed by atoms with van der Waals surface area (Å²) in [6, 6.07) is 11.0. The molecule has 0 aliphatic carbocycles. The zero-order valence-electron chi connectivity index (χ0n) is 14.0. The van der Waals surface area contributed by atoms with Crippen molar-refractivity contribution in [3.8, 4) is 11.5 Å². The highest BCUT2D eigenvalue weighted by Gasteiger charge is 2.17. The number of carboxylic acid groups (broad SMARTS) is 1. The van der Waals surface area contributed by atoms with Crippen LogP contribution in [0, 0.1) is 0 Å². The number of carbonyl (C=O) groups is 1. The lowest BCUT2D eigenvalue weighted by molar-refractivity contribution is 0.194. The summed E-state index contributed by atoms with van der Waals surface area (Å²) in [5, 5.41) is 19.4. The molecule has 0 aliphatic rings. The number of nitrogens with two attached hydrogens (primary N) is 1. The molecule has 4 aromatic rings. The van der Waals surface area contributed by atoms with Crippen LogP contribution in [0.3, 0.4) is 0 Å². The first kappa shape index (κ1) is 16.5. The van der Waals surface area contributed by atoms with Crippen LogP contribution in [0.25, 0.3) is 22.6 Å². The lowest BCUT2D eigenvalue weighted by Gasteiger charge is -2.06. The number of nitrogens with one attached hydrogen (secondary N) is 1. The molecule has 0 fully saturated rings. The minimum atomic E-state index is -1.07. The third-order valence-corrected chi connectivity index (χ3v) is 3.90. The van der Waals surface area contributed by atoms with Crippen molar-refractivity contribution in [1.82, 2.24) is 30.3 Å². The van der Waals surface area contributed by atoms with Crippen LogP contribution in [0.5, 0.6) is 0 Å². The van der Waals surface area contributed by atoms with Gasteiger partial charge in [0.2, 0.25) is 5.95 Å². The van der Waals surface area contributed by atoms with Crippen LogP contribution in [0.1, 0.15) is 11.1 Å². The second-order valence-corrected chi connectivity index (χ2v) is 5.81. The Bertz CT molecular complexity index is 1110. The van der Waals surface area contributed by atoms with Crippen LogP contribution in [0.15, 0.2) is 47.1 Å². The van der Waals surface area contributed by atoms with Gasteiger partial charge in [0.05, 0.1) is 12.8 Å². The van der Waals surface area contributed by atoms with Gasteiger partial charge in [0.1, 0.15) is 5.69 Å². The van der Waals surface area contributed by atoms with Crippen LogP contribution in [-0.2, 0) is 13.1 Å². The number of amides is 1. The van der Waals surface area contributed by atoms with E-state index >= 15 is 0 Å². The number of nitrogen functional groups attached to an aromatic ring is 1. The third kappa shape index (κ3) is 3.40. The number of anilines is 1. The van der Waals surface area contributed by atoms with E-state index in [2.05, 4.69) is 25.6 Å². The van der Waals surface area contributed by atoms with Crippen LogP contribution in [0.2, 0.25) is 0 Å². The van der Waals surface area contributed by atoms with E-state index in [0.717, 1.165) is 11.1 Å². The highest BCUT2D eigenvalue weighted by atomic mass is 16.4. The van der Waals surface area contributed by atoms with Gasteiger partial charge in [-0.25, -0.2) is 14.5 Å². The third-order valence-electron chi connectivity index (χ3n) is 3.90. The molecule has 3 aromatic heterocycles. The largest absolute Gasteiger partial charge is 0.465 e. The molecular formula is C17H15N7O3. The first-order valence-electron chi connectivity index (χ1n) is 8.05. The highest BCUT2D eigenvalue weighted by molar-refractivity contribution is 5.85. The number of nitrogens with zero attached hydrogens (tertiary/aromatic N) is 5. The molecule has 4 rings (SSSR count). The average molecular weight is 365 g/mol. The minimum Gasteiger partial charge on any atom is -0.465 e. The highest BCUT2D eigenvalue weighted by Crippen LogP contribution is 2.25. The summed E-state index contributed by atoms with van der Waals surface area (Å²) in [7, 11) is 0. The Labute approximate surface area is 152 Å². The van der Waals surface area contributed by atoms with E-state index in [9.17, 15) is 4.79 Å². The summed E-state index contributed by atoms with van der Waals surface area (Å²) in [4.78, 5) is 19.1. The fourth-order valence-electron chi connectivity index (χ4n) is 2.75. The summed E-state index contributed by atoms with van der Waals surface area (Å²) in [6.45, 7) is 0.616. The fourth-order valence-corrected chi connectivity index (χ4v) is 2.75. The van der Waals surface area contributed by atoms with Gasteiger partial charge in [-0.2, -0.15) is 4.98 Å². The van der Waals surface area contributed by atoms with Crippen molar-refractivity contribution in [2.24, 2.45) is 0 Å². The van der Waals surface area contributed by atoms with Crippen molar-refractivity contribution in [2.45, 2.75) is 13.1 Å². The van der Waals surface area contributed by atoms with Crippen molar-refractivity contribution in [3.63, 3.8) is 0 Å². The van der Waals surface area contributed by atoms with Gasteiger partial charge in [-0.1, -0.05) is 29.5 Å². The van der Waals surface area contributed by atoms with Crippen molar-refractivity contribution in [1.29, 1.82) is 0 Å². The molecule has 0 saturated carbocycles. The monoisotopic (exact) mass is 365 g/mol. The van der Waals surface area contributed by atoms with Gasteiger partial charge in [-0.3, -0.25) is 0 Å². The molecule has 27 heavy (non-hydrogen) atoms. The number of fused-ring (bicyclic) bond motifs is 1. The molecule has 4 N–H and O–H groups in total. The molecule has 136 valence electrons. The summed E-state index contributed by atoms with van der Waals surface area (Å²) in [6.07, 6.45) is 0.473. The minimum absolute atomic E-state index is 0.0943. The molecule has 0 saturated heterocycles. The predicted molar refractivity (Wildman–Crippen MR) is 95.6 cm³/mol. The van der Waals surface area contributed by atoms with E-state index < -0.39 is 6.09 Å². The number of hydrogen-bond acceptors (Lipinski definition) is 7. The molecule has 0 unspecified atom stereocenters. The Morgan fingerprint density at radius 2 is 2.07 bits per heavy atom. The molecule has 1 amide bonds. The predicted octanol–water partition coefficient (Wildman–Crippen LogP) is 1.88. The van der Waals surface area contributed by atoms with Crippen molar-refractivity contribution in [3.05, 3.63) is 53.8 Å². The van der Waals surface area contributed by atoms with Crippen molar-refractivity contribution < 1.29 is 14.3 Å². The summed E-state index contributed by atoms with van der Waals surface area (Å²) < 4.78 is 7.01. The van der Waals surface area contributed by atoms with Crippen molar-refractivity contribution in [2.75, 3.05) is 5.73 Å². The van der Waals surface area contributed by atoms with Crippen LogP contribution in [-0.4, -0.2) is 36.2 Å². The molecule has 0 spiro atoms. The van der Waals surface area contributed by atoms with Gasteiger partial charge in [-0.05, 0) is 23.3 Å². The van der Waals surface area contributed by atoms with E-state index in [4.69, 9.17) is 15.3 Å². The number of hydrogen-bond donors (Lipinski definition) is 3. The summed E-state index contributed by atoms with van der Waals surface area (Å²) in [5.74, 6) is 0.625. The molecular weight excluding hydrogens is 350 g/mol. The number of furan rings is 1. The zero-order chi connectivity index (χ0) is 18.8. The van der Waals surface area contributed by atoms with Crippen molar-refractivity contribution >= 4 is 23.2 Å². The van der Waals surface area contributed by atoms with Gasteiger partial charge < -0.3 is 20.6 Å². The Balaban J connectivity index is 1.67. The number of benzene rings is 1. The Morgan fingerprint density at radius 1 is 1.22 bits per heavy atom. The standard InChI is InChI=1S/C17H15N7O3/c18-16-20-13(12-5-2-6-27-12)14-15(21-16)24(23-22-14)9-11-4-1-3-10(7-11)8-19-17(25)26/h1-7,19H,8-9H2,(H,25,26)(H2,18,20,21). The molecule has 0 aliphatic heterocycles. The quantitative estimate of drug-likeness (QED) is 0.486. The van der Waals surface area contributed by atoms with E-state index in [1.165, 1.54) is 0 Å². The molecule has 0 radical (unpaired) electrons. The number of rotatable bonds is 5. The molecule has 10 heteroatoms. The Hall–Kier alpha value is -3.95. The maximum Gasteiger partial charge on any atom is 0.404 e. The SMILES string of the molecule is Nc1nc(-c2ccco2)c2nnn(Cc3cccc(CNC(=O)O)c3)c2n1. The molecule has 3 heterocycles. The maximum absolute atomic E-state index is 10.7. The second kappa shape index (κ2) is 6.75.